The third-order valence-corrected chi connectivity index (χ3v) is 8.17. The average molecular weight is 605 g/mol. The SMILES string of the molecule is CCCCc1ccc(-c2cc(C#N)c(N=Nc3ccc(N(CCCC)CC(CC)CCCC)cc3NC(C)=O)c(C#N)c2)cc1. The smallest absolute Gasteiger partial charge is 0.221 e. The normalized spacial score (nSPS) is 11.6. The Kier molecular flexibility index (Phi) is 14.3. The fraction of sp³-hybridized carbons (Fsp3) is 0.447. The molecule has 1 amide bonds. The maximum atomic E-state index is 12.2. The first-order chi connectivity index (χ1) is 21.9. The van der Waals surface area contributed by atoms with E-state index in [0.29, 0.717) is 17.3 Å². The van der Waals surface area contributed by atoms with Crippen molar-refractivity contribution in [3.63, 3.8) is 0 Å². The number of unbranched alkanes of at least 4 members (excludes halogenated alkanes) is 3. The highest BCUT2D eigenvalue weighted by Crippen LogP contribution is 2.36. The van der Waals surface area contributed by atoms with E-state index in [1.165, 1.54) is 31.7 Å². The van der Waals surface area contributed by atoms with E-state index in [9.17, 15) is 15.3 Å². The molecule has 0 aromatic heterocycles. The van der Waals surface area contributed by atoms with Gasteiger partial charge in [0.15, 0.2) is 0 Å². The summed E-state index contributed by atoms with van der Waals surface area (Å²) in [5.74, 6) is 0.389. The van der Waals surface area contributed by atoms with Gasteiger partial charge in [0.2, 0.25) is 5.91 Å². The number of azo groups is 1. The van der Waals surface area contributed by atoms with E-state index in [1.54, 1.807) is 12.1 Å². The number of nitrogens with zero attached hydrogens (tertiary/aromatic N) is 5. The number of anilines is 2. The molecule has 0 radical (unpaired) electrons. The Morgan fingerprint density at radius 2 is 1.51 bits per heavy atom. The van der Waals surface area contributed by atoms with Crippen molar-refractivity contribution in [2.45, 2.75) is 92.4 Å². The molecule has 3 aromatic rings. The highest BCUT2D eigenvalue weighted by molar-refractivity contribution is 5.93. The minimum absolute atomic E-state index is 0.210. The Labute approximate surface area is 270 Å². The van der Waals surface area contributed by atoms with Gasteiger partial charge >= 0.3 is 0 Å². The molecule has 7 nitrogen and oxygen atoms in total. The van der Waals surface area contributed by atoms with Crippen LogP contribution in [0.5, 0.6) is 0 Å². The van der Waals surface area contributed by atoms with Crippen LogP contribution in [0.15, 0.2) is 64.8 Å². The second kappa shape index (κ2) is 18.3. The number of carbonyl (C=O) groups is 1. The van der Waals surface area contributed by atoms with Gasteiger partial charge in [-0.05, 0) is 78.6 Å². The van der Waals surface area contributed by atoms with E-state index in [-0.39, 0.29) is 22.7 Å². The van der Waals surface area contributed by atoms with Gasteiger partial charge in [-0.1, -0.05) is 84.1 Å². The zero-order chi connectivity index (χ0) is 32.6. The van der Waals surface area contributed by atoms with Crippen LogP contribution in [0.3, 0.4) is 0 Å². The van der Waals surface area contributed by atoms with Crippen LogP contribution in [0.2, 0.25) is 0 Å². The molecule has 0 fully saturated rings. The van der Waals surface area contributed by atoms with Crippen LogP contribution in [0, 0.1) is 28.6 Å². The average Bonchev–Trinajstić information content (AvgIpc) is 3.06. The molecule has 0 saturated carbocycles. The first-order valence-electron chi connectivity index (χ1n) is 16.5. The second-order valence-corrected chi connectivity index (χ2v) is 11.7. The fourth-order valence-corrected chi connectivity index (χ4v) is 5.43. The van der Waals surface area contributed by atoms with Crippen molar-refractivity contribution < 1.29 is 4.79 Å². The zero-order valence-electron chi connectivity index (χ0n) is 27.7. The minimum Gasteiger partial charge on any atom is -0.371 e. The molecule has 0 bridgehead atoms. The molecular formula is C38H48N6O. The Balaban J connectivity index is 1.97. The number of aryl methyl sites for hydroxylation is 1. The molecule has 3 rings (SSSR count). The van der Waals surface area contributed by atoms with Gasteiger partial charge in [0.25, 0.3) is 0 Å². The number of hydrogen-bond donors (Lipinski definition) is 1. The Hall–Kier alpha value is -4.49. The van der Waals surface area contributed by atoms with Gasteiger partial charge in [0, 0.05) is 25.7 Å². The van der Waals surface area contributed by atoms with Crippen LogP contribution in [0.1, 0.15) is 103 Å². The number of rotatable bonds is 17. The number of hydrogen-bond acceptors (Lipinski definition) is 6. The fourth-order valence-electron chi connectivity index (χ4n) is 5.43. The van der Waals surface area contributed by atoms with Gasteiger partial charge in [0.05, 0.1) is 16.8 Å². The van der Waals surface area contributed by atoms with Crippen molar-refractivity contribution >= 4 is 28.7 Å². The van der Waals surface area contributed by atoms with Gasteiger partial charge < -0.3 is 10.2 Å². The van der Waals surface area contributed by atoms with E-state index in [4.69, 9.17) is 0 Å². The van der Waals surface area contributed by atoms with Gasteiger partial charge in [-0.25, -0.2) is 0 Å². The lowest BCUT2D eigenvalue weighted by Gasteiger charge is -2.30. The third kappa shape index (κ3) is 10.3. The molecule has 3 aromatic carbocycles. The van der Waals surface area contributed by atoms with Crippen LogP contribution in [0.4, 0.5) is 22.7 Å². The molecular weight excluding hydrogens is 556 g/mol. The Morgan fingerprint density at radius 3 is 2.09 bits per heavy atom. The van der Waals surface area contributed by atoms with E-state index in [1.807, 2.05) is 30.3 Å². The summed E-state index contributed by atoms with van der Waals surface area (Å²) < 4.78 is 0. The summed E-state index contributed by atoms with van der Waals surface area (Å²) in [5.41, 5.74) is 5.77. The first-order valence-corrected chi connectivity index (χ1v) is 16.5. The summed E-state index contributed by atoms with van der Waals surface area (Å²) in [4.78, 5) is 14.6. The van der Waals surface area contributed by atoms with Crippen LogP contribution >= 0.6 is 0 Å². The standard InChI is InChI=1S/C38H48N6O/c1-6-10-13-29(9-4)27-44(21-12-8-3)35-19-20-36(37(24-35)41-28(5)45)42-43-38-33(25-39)22-32(23-34(38)26-40)31-17-15-30(16-18-31)14-11-7-2/h15-20,22-24,29H,6-14,21,27H2,1-5H3,(H,41,45). The monoisotopic (exact) mass is 604 g/mol. The van der Waals surface area contributed by atoms with E-state index < -0.39 is 0 Å². The molecule has 45 heavy (non-hydrogen) atoms. The highest BCUT2D eigenvalue weighted by Gasteiger charge is 2.17. The topological polar surface area (TPSA) is 105 Å². The Morgan fingerprint density at radius 1 is 0.844 bits per heavy atom. The van der Waals surface area contributed by atoms with Crippen molar-refractivity contribution in [3.05, 3.63) is 71.3 Å². The van der Waals surface area contributed by atoms with Gasteiger partial charge in [0.1, 0.15) is 23.5 Å². The maximum Gasteiger partial charge on any atom is 0.221 e. The van der Waals surface area contributed by atoms with Gasteiger partial charge in [-0.2, -0.15) is 10.5 Å². The number of benzene rings is 3. The molecule has 1 N–H and O–H groups in total. The summed E-state index contributed by atoms with van der Waals surface area (Å²) in [6.45, 7) is 12.2. The quantitative estimate of drug-likeness (QED) is 0.155. The molecule has 0 saturated heterocycles. The number of carbonyl (C=O) groups excluding carboxylic acids is 1. The van der Waals surface area contributed by atoms with Crippen molar-refractivity contribution in [2.24, 2.45) is 16.1 Å². The van der Waals surface area contributed by atoms with Crippen LogP contribution in [-0.4, -0.2) is 19.0 Å². The molecule has 0 heterocycles. The number of nitriles is 2. The Bertz CT molecular complexity index is 1480. The predicted molar refractivity (Wildman–Crippen MR) is 185 cm³/mol. The lowest BCUT2D eigenvalue weighted by Crippen LogP contribution is -2.30. The number of nitrogens with one attached hydrogen (secondary N) is 1. The van der Waals surface area contributed by atoms with Crippen LogP contribution in [0.25, 0.3) is 11.1 Å². The third-order valence-electron chi connectivity index (χ3n) is 8.17. The van der Waals surface area contributed by atoms with E-state index in [2.05, 4.69) is 72.4 Å². The zero-order valence-corrected chi connectivity index (χ0v) is 27.7. The second-order valence-electron chi connectivity index (χ2n) is 11.7. The first kappa shape index (κ1) is 35.0. The van der Waals surface area contributed by atoms with E-state index >= 15 is 0 Å². The highest BCUT2D eigenvalue weighted by atomic mass is 16.1. The van der Waals surface area contributed by atoms with Crippen LogP contribution < -0.4 is 10.2 Å². The molecule has 0 spiro atoms. The summed E-state index contributed by atoms with van der Waals surface area (Å²) in [7, 11) is 0. The number of amides is 1. The van der Waals surface area contributed by atoms with E-state index in [0.717, 1.165) is 68.4 Å². The summed E-state index contributed by atoms with van der Waals surface area (Å²) in [6, 6.07) is 22.0. The molecule has 7 heteroatoms. The molecule has 236 valence electrons. The van der Waals surface area contributed by atoms with Gasteiger partial charge in [-0.15, -0.1) is 10.2 Å². The molecule has 1 unspecified atom stereocenters. The molecule has 0 aliphatic heterocycles. The largest absolute Gasteiger partial charge is 0.371 e. The maximum absolute atomic E-state index is 12.2. The summed E-state index contributed by atoms with van der Waals surface area (Å²) in [6.07, 6.45) is 10.2. The van der Waals surface area contributed by atoms with Gasteiger partial charge in [-0.3, -0.25) is 4.79 Å². The summed E-state index contributed by atoms with van der Waals surface area (Å²) >= 11 is 0. The van der Waals surface area contributed by atoms with Crippen molar-refractivity contribution in [2.75, 3.05) is 23.3 Å². The van der Waals surface area contributed by atoms with Crippen molar-refractivity contribution in [1.29, 1.82) is 10.5 Å². The van der Waals surface area contributed by atoms with Crippen molar-refractivity contribution in [3.8, 4) is 23.3 Å². The lowest BCUT2D eigenvalue weighted by atomic mass is 9.97. The molecule has 0 aliphatic carbocycles. The lowest BCUT2D eigenvalue weighted by molar-refractivity contribution is -0.114. The molecule has 0 aliphatic rings. The molecule has 1 atom stereocenters. The minimum atomic E-state index is -0.210. The van der Waals surface area contributed by atoms with Crippen molar-refractivity contribution in [1.82, 2.24) is 0 Å². The summed E-state index contributed by atoms with van der Waals surface area (Å²) in [5, 5.41) is 31.8. The predicted octanol–water partition coefficient (Wildman–Crippen LogP) is 10.6. The van der Waals surface area contributed by atoms with Crippen LogP contribution in [-0.2, 0) is 11.2 Å².